The zero-order valence-corrected chi connectivity index (χ0v) is 20.2. The van der Waals surface area contributed by atoms with Crippen molar-refractivity contribution in [1.29, 1.82) is 0 Å². The van der Waals surface area contributed by atoms with E-state index >= 15 is 0 Å². The first kappa shape index (κ1) is 25.4. The maximum absolute atomic E-state index is 14.8. The van der Waals surface area contributed by atoms with Gasteiger partial charge in [0.1, 0.15) is 11.5 Å². The highest BCUT2D eigenvalue weighted by molar-refractivity contribution is 6.02. The van der Waals surface area contributed by atoms with Gasteiger partial charge in [-0.1, -0.05) is 73.5 Å². The molecule has 0 aliphatic carbocycles. The normalized spacial score (nSPS) is 18.1. The van der Waals surface area contributed by atoms with E-state index < -0.39 is 24.0 Å². The first-order valence-electron chi connectivity index (χ1n) is 11.9. The Morgan fingerprint density at radius 2 is 1.58 bits per heavy atom. The van der Waals surface area contributed by atoms with E-state index in [0.717, 1.165) is 18.4 Å². The second-order valence-electron chi connectivity index (χ2n) is 8.85. The van der Waals surface area contributed by atoms with Gasteiger partial charge < -0.3 is 14.8 Å². The molecule has 0 spiro atoms. The van der Waals surface area contributed by atoms with Gasteiger partial charge in [0, 0.05) is 12.0 Å². The Labute approximate surface area is 208 Å². The second-order valence-corrected chi connectivity index (χ2v) is 8.85. The lowest BCUT2D eigenvalue weighted by molar-refractivity contribution is -0.202. The highest BCUT2D eigenvalue weighted by atomic mass is 19.4. The Balaban J connectivity index is 1.79. The molecule has 3 aromatic carbocycles. The number of nitrogens with one attached hydrogen (secondary N) is 1. The molecular formula is C29H28F3NO3. The van der Waals surface area contributed by atoms with Crippen molar-refractivity contribution in [2.75, 3.05) is 6.61 Å². The number of hydrogen-bond donors (Lipinski definition) is 1. The molecule has 188 valence electrons. The molecule has 1 heterocycles. The van der Waals surface area contributed by atoms with Gasteiger partial charge in [0.2, 0.25) is 0 Å². The predicted molar refractivity (Wildman–Crippen MR) is 133 cm³/mol. The number of carbonyl (C=O) groups excluding carboxylic acids is 1. The van der Waals surface area contributed by atoms with E-state index in [-0.39, 0.29) is 16.9 Å². The number of para-hydroxylation sites is 1. The van der Waals surface area contributed by atoms with Crippen LogP contribution in [0, 0.1) is 6.92 Å². The zero-order chi connectivity index (χ0) is 25.8. The molecule has 4 rings (SSSR count). The number of unbranched alkanes of at least 4 members (excludes halogenated alkanes) is 1. The summed E-state index contributed by atoms with van der Waals surface area (Å²) in [5.41, 5.74) is -1.08. The van der Waals surface area contributed by atoms with Crippen LogP contribution < -0.4 is 14.8 Å². The van der Waals surface area contributed by atoms with Crippen LogP contribution in [0.3, 0.4) is 0 Å². The largest absolute Gasteiger partial charge is 0.494 e. The van der Waals surface area contributed by atoms with E-state index in [1.807, 2.05) is 13.8 Å². The van der Waals surface area contributed by atoms with Crippen LogP contribution in [0.5, 0.6) is 11.5 Å². The van der Waals surface area contributed by atoms with E-state index in [9.17, 15) is 18.0 Å². The van der Waals surface area contributed by atoms with Gasteiger partial charge in [-0.15, -0.1) is 0 Å². The molecular weight excluding hydrogens is 467 g/mol. The van der Waals surface area contributed by atoms with Crippen molar-refractivity contribution in [3.63, 3.8) is 0 Å². The molecule has 0 unspecified atom stereocenters. The van der Waals surface area contributed by atoms with Crippen molar-refractivity contribution in [3.8, 4) is 11.5 Å². The Hall–Kier alpha value is -3.74. The number of benzene rings is 3. The molecule has 0 bridgehead atoms. The van der Waals surface area contributed by atoms with Crippen LogP contribution in [0.4, 0.5) is 13.2 Å². The predicted octanol–water partition coefficient (Wildman–Crippen LogP) is 6.94. The summed E-state index contributed by atoms with van der Waals surface area (Å²) in [7, 11) is 0. The van der Waals surface area contributed by atoms with Crippen LogP contribution in [0.1, 0.15) is 42.9 Å². The number of halogens is 3. The molecule has 0 saturated carbocycles. The molecule has 1 atom stereocenters. The van der Waals surface area contributed by atoms with Crippen molar-refractivity contribution in [1.82, 2.24) is 5.32 Å². The van der Waals surface area contributed by atoms with Gasteiger partial charge in [-0.25, -0.2) is 0 Å². The van der Waals surface area contributed by atoms with Gasteiger partial charge >= 0.3 is 6.18 Å². The molecule has 7 heteroatoms. The minimum absolute atomic E-state index is 0.0745. The van der Waals surface area contributed by atoms with Crippen LogP contribution in [0.2, 0.25) is 0 Å². The molecule has 0 fully saturated rings. The van der Waals surface area contributed by atoms with Gasteiger partial charge in [0.05, 0.1) is 6.61 Å². The van der Waals surface area contributed by atoms with Crippen molar-refractivity contribution in [2.45, 2.75) is 44.8 Å². The van der Waals surface area contributed by atoms with E-state index in [1.165, 1.54) is 24.3 Å². The molecule has 1 amide bonds. The van der Waals surface area contributed by atoms with Crippen LogP contribution in [-0.2, 0) is 10.3 Å². The maximum atomic E-state index is 14.8. The molecule has 0 radical (unpaired) electrons. The number of aryl methyl sites for hydroxylation is 1. The Morgan fingerprint density at radius 3 is 2.19 bits per heavy atom. The second kappa shape index (κ2) is 10.5. The number of carbonyl (C=O) groups is 1. The molecule has 0 aromatic heterocycles. The molecule has 3 aromatic rings. The Kier molecular flexibility index (Phi) is 7.38. The van der Waals surface area contributed by atoms with Gasteiger partial charge in [-0.3, -0.25) is 4.79 Å². The summed E-state index contributed by atoms with van der Waals surface area (Å²) in [6.07, 6.45) is -3.51. The zero-order valence-electron chi connectivity index (χ0n) is 20.2. The average Bonchev–Trinajstić information content (AvgIpc) is 2.86. The first-order chi connectivity index (χ1) is 17.2. The summed E-state index contributed by atoms with van der Waals surface area (Å²) in [6.45, 7) is 4.40. The highest BCUT2D eigenvalue weighted by Gasteiger charge is 2.60. The van der Waals surface area contributed by atoms with Gasteiger partial charge in [0.15, 0.2) is 11.3 Å². The standard InChI is InChI=1S/C29H28F3NO3/c1-3-4-18-35-23-16-14-22(15-17-23)28(29(30,31)32)19-25(21-12-10-20(2)11-13-21)26(27(34)33-28)36-24-8-6-5-7-9-24/h5-17H,3-4,18-19H2,1-2H3,(H,33,34)/t28-/m0/s1. The van der Waals surface area contributed by atoms with Gasteiger partial charge in [-0.2, -0.15) is 13.2 Å². The summed E-state index contributed by atoms with van der Waals surface area (Å²) < 4.78 is 55.9. The number of hydrogen-bond acceptors (Lipinski definition) is 3. The molecule has 1 N–H and O–H groups in total. The van der Waals surface area contributed by atoms with E-state index in [2.05, 4.69) is 5.32 Å². The van der Waals surface area contributed by atoms with Crippen LogP contribution in [0.15, 0.2) is 84.6 Å². The fourth-order valence-corrected chi connectivity index (χ4v) is 4.16. The Morgan fingerprint density at radius 1 is 0.917 bits per heavy atom. The maximum Gasteiger partial charge on any atom is 0.416 e. The smallest absolute Gasteiger partial charge is 0.416 e. The lowest BCUT2D eigenvalue weighted by Gasteiger charge is -2.41. The van der Waals surface area contributed by atoms with Crippen molar-refractivity contribution >= 4 is 11.5 Å². The molecule has 1 aliphatic rings. The quantitative estimate of drug-likeness (QED) is 0.344. The van der Waals surface area contributed by atoms with E-state index in [4.69, 9.17) is 9.47 Å². The topological polar surface area (TPSA) is 47.6 Å². The minimum atomic E-state index is -4.78. The van der Waals surface area contributed by atoms with Crippen molar-refractivity contribution < 1.29 is 27.4 Å². The first-order valence-corrected chi connectivity index (χ1v) is 11.9. The molecule has 0 saturated heterocycles. The van der Waals surface area contributed by atoms with Crippen molar-refractivity contribution in [2.24, 2.45) is 0 Å². The highest BCUT2D eigenvalue weighted by Crippen LogP contribution is 2.48. The van der Waals surface area contributed by atoms with Crippen LogP contribution in [-0.4, -0.2) is 18.7 Å². The molecule has 4 nitrogen and oxygen atoms in total. The fourth-order valence-electron chi connectivity index (χ4n) is 4.16. The van der Waals surface area contributed by atoms with Crippen LogP contribution >= 0.6 is 0 Å². The Bertz CT molecular complexity index is 1220. The van der Waals surface area contributed by atoms with Crippen LogP contribution in [0.25, 0.3) is 5.57 Å². The lowest BCUT2D eigenvalue weighted by atomic mass is 9.78. The minimum Gasteiger partial charge on any atom is -0.494 e. The fraction of sp³-hybridized carbons (Fsp3) is 0.276. The summed E-state index contributed by atoms with van der Waals surface area (Å²) in [5, 5.41) is 2.25. The SMILES string of the molecule is CCCCOc1ccc([C@]2(C(F)(F)F)CC(c3ccc(C)cc3)=C(Oc3ccccc3)C(=O)N2)cc1. The van der Waals surface area contributed by atoms with E-state index in [0.29, 0.717) is 23.7 Å². The lowest BCUT2D eigenvalue weighted by Crippen LogP contribution is -2.59. The van der Waals surface area contributed by atoms with Gasteiger partial charge in [-0.05, 0) is 48.7 Å². The average molecular weight is 496 g/mol. The number of rotatable bonds is 8. The number of amides is 1. The van der Waals surface area contributed by atoms with Gasteiger partial charge in [0.25, 0.3) is 5.91 Å². The summed E-state index contributed by atoms with van der Waals surface area (Å²) in [6, 6.07) is 21.3. The van der Waals surface area contributed by atoms with E-state index in [1.54, 1.807) is 54.6 Å². The number of alkyl halides is 3. The third-order valence-electron chi connectivity index (χ3n) is 6.21. The summed E-state index contributed by atoms with van der Waals surface area (Å²) in [4.78, 5) is 13.3. The summed E-state index contributed by atoms with van der Waals surface area (Å²) in [5.74, 6) is -0.236. The molecule has 1 aliphatic heterocycles. The monoisotopic (exact) mass is 495 g/mol. The molecule has 36 heavy (non-hydrogen) atoms. The third kappa shape index (κ3) is 5.25. The van der Waals surface area contributed by atoms with Crippen molar-refractivity contribution in [3.05, 3.63) is 101 Å². The third-order valence-corrected chi connectivity index (χ3v) is 6.21. The number of ether oxygens (including phenoxy) is 2. The summed E-state index contributed by atoms with van der Waals surface area (Å²) >= 11 is 0.